The predicted molar refractivity (Wildman–Crippen MR) is 139 cm³/mol. The van der Waals surface area contributed by atoms with Gasteiger partial charge in [0.05, 0.1) is 20.5 Å². The van der Waals surface area contributed by atoms with Crippen molar-refractivity contribution in [3.05, 3.63) is 74.1 Å². The second-order valence-electron chi connectivity index (χ2n) is 7.93. The number of hydrogen-bond acceptors (Lipinski definition) is 8. The molecular formula is C23H17B3N6S2. The molecule has 11 heteroatoms. The zero-order chi connectivity index (χ0) is 23.1. The summed E-state index contributed by atoms with van der Waals surface area (Å²) in [4.78, 5) is 31.8. The summed E-state index contributed by atoms with van der Waals surface area (Å²) in [5, 5.41) is 3.59. The van der Waals surface area contributed by atoms with Gasteiger partial charge < -0.3 is 0 Å². The zero-order valence-electron chi connectivity index (χ0n) is 18.5. The van der Waals surface area contributed by atoms with Crippen molar-refractivity contribution in [2.24, 2.45) is 20.0 Å². The lowest BCUT2D eigenvalue weighted by Gasteiger charge is -2.05. The Hall–Kier alpha value is -2.91. The molecule has 4 aromatic rings. The van der Waals surface area contributed by atoms with Crippen molar-refractivity contribution >= 4 is 49.4 Å². The number of pyridine rings is 2. The molecule has 0 amide bonds. The minimum absolute atomic E-state index is 0.426. The van der Waals surface area contributed by atoms with Crippen LogP contribution in [0.5, 0.6) is 0 Å². The number of hydrogen-bond donors (Lipinski definition) is 0. The predicted octanol–water partition coefficient (Wildman–Crippen LogP) is 0.540. The highest BCUT2D eigenvalue weighted by molar-refractivity contribution is 7.37. The van der Waals surface area contributed by atoms with E-state index in [1.165, 1.54) is 4.88 Å². The van der Waals surface area contributed by atoms with Gasteiger partial charge in [0.15, 0.2) is 0 Å². The molecule has 0 bridgehead atoms. The van der Waals surface area contributed by atoms with Crippen LogP contribution in [-0.2, 0) is 12.8 Å². The smallest absolute Gasteiger partial charge is 0.131 e. The summed E-state index contributed by atoms with van der Waals surface area (Å²) >= 11 is 3.41. The van der Waals surface area contributed by atoms with Crippen LogP contribution in [0, 0.1) is 0 Å². The summed E-state index contributed by atoms with van der Waals surface area (Å²) in [6.07, 6.45) is 5.50. The standard InChI is InChI=1S/C23H17B3N6S2/c1-2-14-3-4-15(33-14)20-22-18(29-10-31-22)12(8-27-20)7-13-9-28-21(23-19(13)30-11-32-23)16-5-6-17(34-16)25-26-24/h3-6,8-9H,2,7,10-11H2,1H3. The van der Waals surface area contributed by atoms with Crippen molar-refractivity contribution in [3.63, 3.8) is 0 Å². The molecular weight excluding hydrogens is 457 g/mol. The van der Waals surface area contributed by atoms with Gasteiger partial charge in [-0.2, -0.15) is 11.3 Å². The largest absolute Gasteiger partial charge is 0.259 e. The van der Waals surface area contributed by atoms with Crippen LogP contribution < -0.4 is 26.2 Å². The Morgan fingerprint density at radius 1 is 0.794 bits per heavy atom. The van der Waals surface area contributed by atoms with Gasteiger partial charge in [0.1, 0.15) is 42.6 Å². The van der Waals surface area contributed by atoms with Crippen LogP contribution in [0.15, 0.2) is 56.6 Å². The molecule has 4 aromatic heterocycles. The Kier molecular flexibility index (Phi) is 5.75. The second kappa shape index (κ2) is 9.04. The van der Waals surface area contributed by atoms with Crippen LogP contribution in [0.4, 0.5) is 0 Å². The van der Waals surface area contributed by atoms with Crippen molar-refractivity contribution in [1.82, 2.24) is 9.97 Å². The number of thiophene rings is 2. The lowest BCUT2D eigenvalue weighted by atomic mass is 9.28. The van der Waals surface area contributed by atoms with E-state index >= 15 is 0 Å². The lowest BCUT2D eigenvalue weighted by molar-refractivity contribution is 1.02. The number of nitrogens with zero attached hydrogens (tertiary/aromatic N) is 6. The highest BCUT2D eigenvalue weighted by Gasteiger charge is 2.17. The van der Waals surface area contributed by atoms with E-state index in [9.17, 15) is 0 Å². The van der Waals surface area contributed by atoms with Gasteiger partial charge in [-0.25, -0.2) is 0 Å². The van der Waals surface area contributed by atoms with Crippen LogP contribution >= 0.6 is 22.7 Å². The zero-order valence-corrected chi connectivity index (χ0v) is 20.2. The SMILES string of the molecule is [B][B][B]c1ccc(-c2ncc(Cc3cnc(-c4ccc(CC)s4)c4c3=NCN=4)c3c2=NCN=3)s1. The van der Waals surface area contributed by atoms with E-state index in [0.717, 1.165) is 64.9 Å². The third-order valence-corrected chi connectivity index (χ3v) is 8.16. The number of rotatable bonds is 7. The van der Waals surface area contributed by atoms with E-state index in [0.29, 0.717) is 19.8 Å². The Morgan fingerprint density at radius 2 is 1.38 bits per heavy atom. The average Bonchev–Trinajstić information content (AvgIpc) is 3.66. The normalized spacial score (nSPS) is 13.3. The third kappa shape index (κ3) is 3.77. The molecule has 6 nitrogen and oxygen atoms in total. The first-order valence-corrected chi connectivity index (χ1v) is 12.7. The molecule has 0 saturated heterocycles. The minimum atomic E-state index is 0.426. The van der Waals surface area contributed by atoms with Crippen molar-refractivity contribution in [1.29, 1.82) is 0 Å². The number of aromatic nitrogens is 2. The summed E-state index contributed by atoms with van der Waals surface area (Å²) in [5.74, 6) is 0. The maximum Gasteiger partial charge on any atom is 0.131 e. The molecule has 2 aliphatic rings. The first-order valence-electron chi connectivity index (χ1n) is 11.1. The fraction of sp³-hybridized carbons (Fsp3) is 0.217. The molecule has 0 atom stereocenters. The van der Waals surface area contributed by atoms with Crippen LogP contribution in [0.3, 0.4) is 0 Å². The second-order valence-corrected chi connectivity index (χ2v) is 10.2. The van der Waals surface area contributed by atoms with Gasteiger partial charge in [-0.3, -0.25) is 29.9 Å². The maximum absolute atomic E-state index is 5.54. The van der Waals surface area contributed by atoms with Crippen molar-refractivity contribution < 1.29 is 0 Å². The minimum Gasteiger partial charge on any atom is -0.259 e. The molecule has 0 saturated carbocycles. The van der Waals surface area contributed by atoms with E-state index in [2.05, 4.69) is 40.1 Å². The first-order chi connectivity index (χ1) is 16.7. The van der Waals surface area contributed by atoms with Crippen LogP contribution in [-0.4, -0.2) is 45.3 Å². The molecule has 0 unspecified atom stereocenters. The average molecular weight is 474 g/mol. The summed E-state index contributed by atoms with van der Waals surface area (Å²) in [6, 6.07) is 8.39. The number of fused-ring (bicyclic) bond motifs is 2. The lowest BCUT2D eigenvalue weighted by Crippen LogP contribution is -2.33. The molecule has 34 heavy (non-hydrogen) atoms. The molecule has 6 heterocycles. The summed E-state index contributed by atoms with van der Waals surface area (Å²) in [5.41, 5.74) is 3.85. The van der Waals surface area contributed by atoms with Crippen LogP contribution in [0.1, 0.15) is 22.9 Å². The monoisotopic (exact) mass is 474 g/mol. The van der Waals surface area contributed by atoms with Crippen LogP contribution in [0.2, 0.25) is 0 Å². The van der Waals surface area contributed by atoms with E-state index in [-0.39, 0.29) is 0 Å². The van der Waals surface area contributed by atoms with Gasteiger partial charge in [-0.1, -0.05) is 13.0 Å². The Labute approximate surface area is 207 Å². The Bertz CT molecular complexity index is 1660. The van der Waals surface area contributed by atoms with Gasteiger partial charge in [0.25, 0.3) is 0 Å². The molecule has 6 rings (SSSR count). The van der Waals surface area contributed by atoms with Crippen LogP contribution in [0.25, 0.3) is 21.1 Å². The molecule has 0 aromatic carbocycles. The molecule has 2 aliphatic heterocycles. The first kappa shape index (κ1) is 21.6. The van der Waals surface area contributed by atoms with Gasteiger partial charge in [0.2, 0.25) is 0 Å². The fourth-order valence-corrected chi connectivity index (χ4v) is 6.11. The maximum atomic E-state index is 5.54. The molecule has 0 fully saturated rings. The summed E-state index contributed by atoms with van der Waals surface area (Å²) in [7, 11) is 8.97. The topological polar surface area (TPSA) is 75.2 Å². The Balaban J connectivity index is 1.38. The van der Waals surface area contributed by atoms with E-state index in [4.69, 9.17) is 22.7 Å². The summed E-state index contributed by atoms with van der Waals surface area (Å²) < 4.78 is 1.08. The Morgan fingerprint density at radius 3 is 1.97 bits per heavy atom. The highest BCUT2D eigenvalue weighted by atomic mass is 32.1. The highest BCUT2D eigenvalue weighted by Crippen LogP contribution is 2.25. The summed E-state index contributed by atoms with van der Waals surface area (Å²) in [6.45, 7) is 3.04. The van der Waals surface area contributed by atoms with Crippen molar-refractivity contribution in [3.8, 4) is 21.1 Å². The quantitative estimate of drug-likeness (QED) is 0.367. The van der Waals surface area contributed by atoms with Crippen molar-refractivity contribution in [2.45, 2.75) is 19.8 Å². The molecule has 0 N–H and O–H groups in total. The molecule has 4 radical (unpaired) electrons. The molecule has 0 aliphatic carbocycles. The van der Waals surface area contributed by atoms with E-state index < -0.39 is 0 Å². The van der Waals surface area contributed by atoms with Crippen molar-refractivity contribution in [2.75, 3.05) is 13.3 Å². The van der Waals surface area contributed by atoms with Gasteiger partial charge >= 0.3 is 0 Å². The van der Waals surface area contributed by atoms with Gasteiger partial charge in [-0.15, -0.1) is 11.3 Å². The third-order valence-electron chi connectivity index (χ3n) is 5.86. The molecule has 160 valence electrons. The van der Waals surface area contributed by atoms with E-state index in [1.807, 2.05) is 25.6 Å². The van der Waals surface area contributed by atoms with Gasteiger partial charge in [0, 0.05) is 49.6 Å². The van der Waals surface area contributed by atoms with Gasteiger partial charge in [-0.05, 0) is 29.4 Å². The molecule has 0 spiro atoms. The fourth-order valence-electron chi connectivity index (χ4n) is 4.25. The number of aryl methyl sites for hydroxylation is 1. The van der Waals surface area contributed by atoms with E-state index in [1.54, 1.807) is 29.7 Å².